The van der Waals surface area contributed by atoms with Gasteiger partial charge in [-0.3, -0.25) is 0 Å². The van der Waals surface area contributed by atoms with Crippen molar-refractivity contribution in [3.63, 3.8) is 0 Å². The highest BCUT2D eigenvalue weighted by atomic mass is 32.1. The Morgan fingerprint density at radius 3 is 1.19 bits per heavy atom. The highest BCUT2D eigenvalue weighted by molar-refractivity contribution is 7.83. The fraction of sp³-hybridized carbons (Fsp3) is 0.917. The average Bonchev–Trinajstić information content (AvgIpc) is 2.75. The van der Waals surface area contributed by atoms with Crippen molar-refractivity contribution in [1.82, 2.24) is 0 Å². The van der Waals surface area contributed by atoms with E-state index in [0.29, 0.717) is 13.2 Å². The van der Waals surface area contributed by atoms with Gasteiger partial charge in [-0.15, -0.1) is 25.3 Å². The van der Waals surface area contributed by atoms with Crippen LogP contribution in [0.5, 0.6) is 0 Å². The summed E-state index contributed by atoms with van der Waals surface area (Å²) in [4.78, 5) is 21.6. The summed E-state index contributed by atoms with van der Waals surface area (Å²) >= 11 is 8.51. The second-order valence-electron chi connectivity index (χ2n) is 8.76. The summed E-state index contributed by atoms with van der Waals surface area (Å²) in [6.45, 7) is 8.03. The topological polar surface area (TPSA) is 77.3 Å². The Labute approximate surface area is 206 Å². The van der Waals surface area contributed by atoms with E-state index in [1.165, 1.54) is 65.2 Å². The molecule has 0 radical (unpaired) electrons. The highest BCUT2D eigenvalue weighted by Gasteiger charge is 2.35. The van der Waals surface area contributed by atoms with Gasteiger partial charge in [-0.2, -0.15) is 10.2 Å². The van der Waals surface area contributed by atoms with E-state index < -0.39 is 21.7 Å². The zero-order chi connectivity index (χ0) is 24.3. The molecule has 0 aromatic rings. The van der Waals surface area contributed by atoms with Crippen molar-refractivity contribution >= 4 is 37.2 Å². The Morgan fingerprint density at radius 1 is 0.594 bits per heavy atom. The Morgan fingerprint density at radius 2 is 0.875 bits per heavy atom. The van der Waals surface area contributed by atoms with Gasteiger partial charge >= 0.3 is 11.9 Å². The molecule has 0 N–H and O–H groups in total. The fourth-order valence-electron chi connectivity index (χ4n) is 3.00. The van der Waals surface area contributed by atoms with E-state index in [9.17, 15) is 9.59 Å². The number of azo groups is 1. The van der Waals surface area contributed by atoms with Gasteiger partial charge < -0.3 is 9.47 Å². The highest BCUT2D eigenvalue weighted by Crippen LogP contribution is 2.25. The van der Waals surface area contributed by atoms with Crippen LogP contribution in [0.4, 0.5) is 0 Å². The van der Waals surface area contributed by atoms with Gasteiger partial charge in [0.05, 0.1) is 13.2 Å². The molecule has 0 saturated heterocycles. The molecular formula is C24H46N2O4S2. The third-order valence-corrected chi connectivity index (χ3v) is 5.72. The molecule has 6 nitrogen and oxygen atoms in total. The van der Waals surface area contributed by atoms with Gasteiger partial charge in [0.1, 0.15) is 0 Å². The monoisotopic (exact) mass is 490 g/mol. The van der Waals surface area contributed by atoms with E-state index in [0.717, 1.165) is 38.5 Å². The predicted octanol–water partition coefficient (Wildman–Crippen LogP) is 7.32. The lowest BCUT2D eigenvalue weighted by molar-refractivity contribution is -0.148. The zero-order valence-corrected chi connectivity index (χ0v) is 22.5. The Hall–Kier alpha value is -0.760. The van der Waals surface area contributed by atoms with Crippen LogP contribution in [0.15, 0.2) is 10.2 Å². The lowest BCUT2D eigenvalue weighted by Crippen LogP contribution is -2.33. The first-order valence-electron chi connectivity index (χ1n) is 12.4. The number of ether oxygens (including phenoxy) is 2. The summed E-state index contributed by atoms with van der Waals surface area (Å²) < 4.78 is 10.6. The van der Waals surface area contributed by atoms with Crippen LogP contribution in [0, 0.1) is 0 Å². The molecule has 32 heavy (non-hydrogen) atoms. The molecule has 2 unspecified atom stereocenters. The molecule has 0 spiro atoms. The van der Waals surface area contributed by atoms with Crippen LogP contribution in [0.3, 0.4) is 0 Å². The van der Waals surface area contributed by atoms with E-state index >= 15 is 0 Å². The largest absolute Gasteiger partial charge is 0.463 e. The van der Waals surface area contributed by atoms with Crippen LogP contribution in [0.2, 0.25) is 0 Å². The molecule has 0 aromatic carbocycles. The van der Waals surface area contributed by atoms with Crippen molar-refractivity contribution in [1.29, 1.82) is 0 Å². The Kier molecular flexibility index (Phi) is 18.2. The van der Waals surface area contributed by atoms with Gasteiger partial charge in [0.25, 0.3) is 0 Å². The van der Waals surface area contributed by atoms with Crippen LogP contribution >= 0.6 is 25.3 Å². The number of unbranched alkanes of at least 4 members (excludes halogenated alkanes) is 12. The molecule has 0 aliphatic carbocycles. The predicted molar refractivity (Wildman–Crippen MR) is 138 cm³/mol. The first-order valence-corrected chi connectivity index (χ1v) is 13.3. The zero-order valence-electron chi connectivity index (χ0n) is 20.7. The van der Waals surface area contributed by atoms with Crippen molar-refractivity contribution in [3.8, 4) is 0 Å². The molecule has 0 bridgehead atoms. The molecule has 0 aliphatic heterocycles. The van der Waals surface area contributed by atoms with Crippen molar-refractivity contribution in [3.05, 3.63) is 0 Å². The fourth-order valence-corrected chi connectivity index (χ4v) is 3.22. The van der Waals surface area contributed by atoms with E-state index in [1.54, 1.807) is 0 Å². The minimum absolute atomic E-state index is 0.330. The molecule has 0 heterocycles. The number of esters is 2. The SMILES string of the molecule is CCCCCCCCCOC(=O)C(C)(S)N=NC(C)(S)C(=O)OCCCCCCCCC. The normalized spacial score (nSPS) is 15.3. The van der Waals surface area contributed by atoms with Crippen LogP contribution in [0.1, 0.15) is 118 Å². The number of carbonyl (C=O) groups excluding carboxylic acids is 2. The third kappa shape index (κ3) is 15.9. The standard InChI is InChI=1S/C24H46N2O4S2/c1-5-7-9-11-13-15-17-19-29-21(27)23(3,31)25-26-24(4,32)22(28)30-20-18-16-14-12-10-8-6-2/h31-32H,5-20H2,1-4H3. The van der Waals surface area contributed by atoms with Gasteiger partial charge in [-0.25, -0.2) is 9.59 Å². The summed E-state index contributed by atoms with van der Waals surface area (Å²) in [5, 5.41) is 7.84. The maximum Gasteiger partial charge on any atom is 0.345 e. The quantitative estimate of drug-likeness (QED) is 0.0811. The van der Waals surface area contributed by atoms with Gasteiger partial charge in [-0.05, 0) is 26.7 Å². The summed E-state index contributed by atoms with van der Waals surface area (Å²) in [7, 11) is 0. The van der Waals surface area contributed by atoms with Crippen molar-refractivity contribution in [2.75, 3.05) is 13.2 Å². The van der Waals surface area contributed by atoms with Gasteiger partial charge in [0, 0.05) is 0 Å². The molecule has 0 amide bonds. The minimum Gasteiger partial charge on any atom is -0.463 e. The number of hydrogen-bond acceptors (Lipinski definition) is 8. The van der Waals surface area contributed by atoms with E-state index in [-0.39, 0.29) is 0 Å². The summed E-state index contributed by atoms with van der Waals surface area (Å²) in [6.07, 6.45) is 15.9. The Balaban J connectivity index is 4.19. The third-order valence-electron chi connectivity index (χ3n) is 5.17. The van der Waals surface area contributed by atoms with E-state index in [1.807, 2.05) is 0 Å². The van der Waals surface area contributed by atoms with Gasteiger partial charge in [0.15, 0.2) is 0 Å². The average molecular weight is 491 g/mol. The molecule has 188 valence electrons. The van der Waals surface area contributed by atoms with Crippen molar-refractivity contribution < 1.29 is 19.1 Å². The van der Waals surface area contributed by atoms with E-state index in [4.69, 9.17) is 9.47 Å². The first kappa shape index (κ1) is 31.2. The molecule has 0 rings (SSSR count). The summed E-state index contributed by atoms with van der Waals surface area (Å²) in [6, 6.07) is 0. The van der Waals surface area contributed by atoms with E-state index in [2.05, 4.69) is 49.3 Å². The summed E-state index contributed by atoms with van der Waals surface area (Å²) in [5.41, 5.74) is 0. The Bertz CT molecular complexity index is 494. The molecule has 0 aromatic heterocycles. The van der Waals surface area contributed by atoms with Crippen LogP contribution in [0.25, 0.3) is 0 Å². The first-order chi connectivity index (χ1) is 15.2. The van der Waals surface area contributed by atoms with Crippen molar-refractivity contribution in [2.45, 2.75) is 127 Å². The summed E-state index contributed by atoms with van der Waals surface area (Å²) in [5.74, 6) is -1.17. The number of rotatable bonds is 20. The van der Waals surface area contributed by atoms with Gasteiger partial charge in [0.2, 0.25) is 9.74 Å². The molecule has 8 heteroatoms. The molecule has 0 aliphatic rings. The molecule has 2 atom stereocenters. The molecule has 0 fully saturated rings. The smallest absolute Gasteiger partial charge is 0.345 e. The molecular weight excluding hydrogens is 444 g/mol. The maximum absolute atomic E-state index is 12.3. The van der Waals surface area contributed by atoms with Crippen LogP contribution in [-0.4, -0.2) is 34.9 Å². The molecule has 0 saturated carbocycles. The maximum atomic E-state index is 12.3. The van der Waals surface area contributed by atoms with Gasteiger partial charge in [-0.1, -0.05) is 90.9 Å². The minimum atomic E-state index is -1.48. The lowest BCUT2D eigenvalue weighted by atomic mass is 10.1. The van der Waals surface area contributed by atoms with Crippen molar-refractivity contribution in [2.24, 2.45) is 10.2 Å². The number of carbonyl (C=O) groups is 2. The van der Waals surface area contributed by atoms with Crippen LogP contribution < -0.4 is 0 Å². The second-order valence-corrected chi connectivity index (χ2v) is 10.5. The second kappa shape index (κ2) is 18.6. The number of nitrogens with zero attached hydrogens (tertiary/aromatic N) is 2. The van der Waals surface area contributed by atoms with Crippen LogP contribution in [-0.2, 0) is 19.1 Å². The number of hydrogen-bond donors (Lipinski definition) is 2. The number of thiol groups is 2. The lowest BCUT2D eigenvalue weighted by Gasteiger charge is -2.20.